The van der Waals surface area contributed by atoms with Crippen molar-refractivity contribution in [3.05, 3.63) is 130 Å². The third-order valence-electron chi connectivity index (χ3n) is 5.26. The third kappa shape index (κ3) is 649. The van der Waals surface area contributed by atoms with E-state index in [1.807, 2.05) is 162 Å². The molecule has 3 aromatic rings. The lowest BCUT2D eigenvalue weighted by Crippen LogP contribution is -2.06. The molecule has 0 saturated heterocycles. The minimum atomic E-state index is -2.67. The number of thiol groups is 1. The highest BCUT2D eigenvalue weighted by Gasteiger charge is 1.99. The Kier molecular flexibility index (Phi) is 212. The Bertz CT molecular complexity index is 1920. The number of aliphatic carboxylic acids is 1. The summed E-state index contributed by atoms with van der Waals surface area (Å²) < 4.78 is 23.5. The van der Waals surface area contributed by atoms with Crippen molar-refractivity contribution in [3.8, 4) is 11.8 Å². The maximum Gasteiger partial charge on any atom is 0.305 e. The standard InChI is InChI=1S/3C8H10.C4H8O2.C4H10O.C4H10.2C4H8.C4H6.2C3H9N.C3H7N.C3H8O.C3H6O.C3H8S.C3H6S.C3H8.C2H7N.C2H6O2S.C2H6O.C2H6S.3CH4/c1-7-3-5-8(2)6-4-7;1-7-4-3-5-8(2)6-7;1-7-5-3-4-6-8(7)2;1-3(2)4(5)6;1-4(2)3-5;2*1-4(2)3;2*1-3-4-2;1-4(2)3;6*1-3(2)4;2*1-3-2;1-5(2,3)4;2*1-3-2;;;/h3*3-6H,1-2H3;3H,1-2H3,(H,5,6);4-5H,3H2,1-2H3;4H,1-3H3;1H2,2-3H3;3-4H,1-2H3;1-2H3;1-3H3;3H,4H2,1-2H3;4H,1-2H3;3-4H,1-2H3;1-2H3;3-4H,1-2H3;1-2H3;3H2,1-2H3;3H,1-2H3;1-2H3;2*1-2H3;3*1H4. The Labute approximate surface area is 639 Å². The molecule has 0 aliphatic heterocycles. The van der Waals surface area contributed by atoms with Crippen LogP contribution < -0.4 is 11.1 Å². The summed E-state index contributed by atoms with van der Waals surface area (Å²) in [4.78, 5) is 22.1. The van der Waals surface area contributed by atoms with Crippen molar-refractivity contribution >= 4 is 68.8 Å². The lowest BCUT2D eigenvalue weighted by atomic mass is 10.1. The van der Waals surface area contributed by atoms with Gasteiger partial charge in [0.1, 0.15) is 15.6 Å². The molecule has 0 aromatic heterocycles. The fraction of sp³-hybridized carbons (Fsp3) is 0.663. The van der Waals surface area contributed by atoms with Crippen LogP contribution in [0.5, 0.6) is 0 Å². The molecule has 16 heteroatoms. The van der Waals surface area contributed by atoms with Gasteiger partial charge in [0, 0.05) is 45.2 Å². The Morgan fingerprint density at radius 1 is 0.677 bits per heavy atom. The summed E-state index contributed by atoms with van der Waals surface area (Å²) in [6.45, 7) is 67.8. The fourth-order valence-corrected chi connectivity index (χ4v) is 2.11. The van der Waals surface area contributed by atoms with E-state index in [0.29, 0.717) is 29.5 Å². The number of nitrogens with zero attached hydrogens (tertiary/aromatic N) is 1. The van der Waals surface area contributed by atoms with Crippen molar-refractivity contribution in [1.29, 1.82) is 5.41 Å². The summed E-state index contributed by atoms with van der Waals surface area (Å²) in [6.07, 6.45) is 11.5. The highest BCUT2D eigenvalue weighted by Crippen LogP contribution is 2.03. The number of benzene rings is 3. The zero-order chi connectivity index (χ0) is 81.7. The van der Waals surface area contributed by atoms with Gasteiger partial charge in [0.15, 0.2) is 0 Å². The van der Waals surface area contributed by atoms with Crippen LogP contribution in [0.25, 0.3) is 0 Å². The van der Waals surface area contributed by atoms with Crippen LogP contribution in [-0.2, 0) is 24.2 Å². The monoisotopic (exact) mass is 1490 g/mol. The molecule has 0 bridgehead atoms. The quantitative estimate of drug-likeness (QED) is 0.0420. The largest absolute Gasteiger partial charge is 0.481 e. The molecule has 99 heavy (non-hydrogen) atoms. The number of rotatable bonds is 2. The van der Waals surface area contributed by atoms with E-state index in [-0.39, 0.29) is 40.1 Å². The predicted octanol–water partition coefficient (Wildman–Crippen LogP) is 23.5. The molecule has 0 amide bonds. The van der Waals surface area contributed by atoms with E-state index in [4.69, 9.17) is 26.5 Å². The number of carboxylic acid groups (broad SMARTS) is 1. The van der Waals surface area contributed by atoms with Crippen molar-refractivity contribution in [1.82, 2.24) is 10.2 Å². The van der Waals surface area contributed by atoms with E-state index in [1.165, 1.54) is 59.2 Å². The number of thioether (sulfide) groups is 1. The van der Waals surface area contributed by atoms with Gasteiger partial charge < -0.3 is 46.2 Å². The maximum absolute atomic E-state index is 9.70. The van der Waals surface area contributed by atoms with Crippen molar-refractivity contribution < 1.29 is 38.1 Å². The van der Waals surface area contributed by atoms with Crippen molar-refractivity contribution in [3.63, 3.8) is 0 Å². The maximum atomic E-state index is 9.70. The Hall–Kier alpha value is -3.99. The van der Waals surface area contributed by atoms with Crippen LogP contribution in [0, 0.1) is 76.5 Å². The van der Waals surface area contributed by atoms with Crippen LogP contribution in [0.3, 0.4) is 0 Å². The van der Waals surface area contributed by atoms with Gasteiger partial charge in [-0.3, -0.25) is 4.79 Å². The lowest BCUT2D eigenvalue weighted by Gasteiger charge is -1.93. The SMILES string of the molecule is C.C.C.C=C(C)C.CC#CC.CC(C)=N.CC(C)=O.CC(C)=S.CC(C)C.CC(C)C(=O)O.CC(C)CO.CC(C)N.CC(C)O.CC(C)S.CC=CC.CCC.CN(C)C.CNC.COC.CS(C)(=O)=O.CSC.Cc1ccc(C)cc1.Cc1cccc(C)c1.Cc1ccccc1C. The molecule has 3 aromatic carbocycles. The Morgan fingerprint density at radius 2 is 0.808 bits per heavy atom. The van der Waals surface area contributed by atoms with Crippen LogP contribution >= 0.6 is 36.6 Å². The first-order chi connectivity index (χ1) is 43.4. The molecule has 7 N–H and O–H groups in total. The number of ketones is 1. The van der Waals surface area contributed by atoms with Gasteiger partial charge in [-0.05, 0) is 225 Å². The van der Waals surface area contributed by atoms with Gasteiger partial charge in [-0.1, -0.05) is 244 Å². The van der Waals surface area contributed by atoms with Gasteiger partial charge in [0.25, 0.3) is 0 Å². The number of carbonyl (C=O) groups is 2. The van der Waals surface area contributed by atoms with Gasteiger partial charge in [-0.15, -0.1) is 18.4 Å². The number of aryl methyl sites for hydroxylation is 6. The molecule has 0 fully saturated rings. The number of ether oxygens (including phenoxy) is 1. The first kappa shape index (κ1) is 153. The normalized spacial score (nSPS) is 7.99. The van der Waals surface area contributed by atoms with Gasteiger partial charge in [-0.2, -0.15) is 24.4 Å². The van der Waals surface area contributed by atoms with Gasteiger partial charge in [0.05, 0.1) is 5.92 Å². The van der Waals surface area contributed by atoms with Crippen LogP contribution in [0.2, 0.25) is 0 Å². The molecule has 0 unspecified atom stereocenters. The number of aliphatic hydroxyl groups excluding tert-OH is 2. The highest BCUT2D eigenvalue weighted by atomic mass is 32.2. The highest BCUT2D eigenvalue weighted by molar-refractivity contribution is 7.97. The minimum Gasteiger partial charge on any atom is -0.481 e. The topological polar surface area (TPSA) is 203 Å². The number of hydrogen-bond acceptors (Lipinski definition) is 14. The first-order valence-corrected chi connectivity index (χ1v) is 37.4. The predicted molar refractivity (Wildman–Crippen MR) is 477 cm³/mol. The second-order valence-electron chi connectivity index (χ2n) is 24.3. The molecule has 0 aliphatic carbocycles. The van der Waals surface area contributed by atoms with Gasteiger partial charge in [-0.25, -0.2) is 8.42 Å². The van der Waals surface area contributed by atoms with E-state index in [1.54, 1.807) is 67.5 Å². The summed E-state index contributed by atoms with van der Waals surface area (Å²) >= 11 is 10.3. The molecule has 3 rings (SSSR count). The molecule has 0 radical (unpaired) electrons. The van der Waals surface area contributed by atoms with Crippen molar-refractivity contribution in [2.45, 2.75) is 275 Å². The fourth-order valence-electron chi connectivity index (χ4n) is 2.11. The average molecular weight is 1490 g/mol. The van der Waals surface area contributed by atoms with E-state index >= 15 is 0 Å². The van der Waals surface area contributed by atoms with Gasteiger partial charge >= 0.3 is 5.97 Å². The van der Waals surface area contributed by atoms with Crippen LogP contribution in [0.1, 0.15) is 249 Å². The molecular formula is C83H178N4O8S4. The summed E-state index contributed by atoms with van der Waals surface area (Å²) in [5.74, 6) is 5.83. The minimum absolute atomic E-state index is 0. The number of nitrogens with two attached hydrogens (primary N) is 1. The second-order valence-corrected chi connectivity index (χ2v) is 29.3. The first-order valence-electron chi connectivity index (χ1n) is 32.6. The van der Waals surface area contributed by atoms with Gasteiger partial charge in [0.2, 0.25) is 0 Å². The number of sulfone groups is 1. The average Bonchev–Trinajstić information content (AvgIpc) is 1.08. The van der Waals surface area contributed by atoms with E-state index < -0.39 is 15.8 Å². The number of methoxy groups -OCH3 is 1. The number of allylic oxidation sites excluding steroid dienone is 3. The lowest BCUT2D eigenvalue weighted by molar-refractivity contribution is -0.140. The van der Waals surface area contributed by atoms with Crippen molar-refractivity contribution in [2.75, 3.05) is 81.1 Å². The number of nitrogens with one attached hydrogen (secondary N) is 2. The van der Waals surface area contributed by atoms with E-state index in [9.17, 15) is 18.0 Å². The molecule has 0 aliphatic rings. The molecule has 12 nitrogen and oxygen atoms in total. The second kappa shape index (κ2) is 137. The van der Waals surface area contributed by atoms with E-state index in [2.05, 4.69) is 202 Å². The van der Waals surface area contributed by atoms with Crippen LogP contribution in [0.4, 0.5) is 0 Å². The number of hydrogen-bond donors (Lipinski definition) is 7. The smallest absolute Gasteiger partial charge is 0.305 e. The zero-order valence-corrected chi connectivity index (χ0v) is 74.6. The summed E-state index contributed by atoms with van der Waals surface area (Å²) in [5.41, 5.74) is 15.0. The summed E-state index contributed by atoms with van der Waals surface area (Å²) in [5, 5.41) is 34.0. The van der Waals surface area contributed by atoms with Crippen LogP contribution in [0.15, 0.2) is 97.1 Å². The molecule has 0 spiro atoms. The zero-order valence-electron chi connectivity index (χ0n) is 71.2. The van der Waals surface area contributed by atoms with E-state index in [0.717, 1.165) is 23.3 Å². The number of Topliss-reactive ketones (excluding diaryl/α,β-unsaturated/α-hetero) is 1. The molecule has 0 heterocycles. The number of carboxylic acids is 1. The Morgan fingerprint density at radius 3 is 0.869 bits per heavy atom. The van der Waals surface area contributed by atoms with Crippen molar-refractivity contribution in [2.24, 2.45) is 23.5 Å². The molecule has 602 valence electrons. The summed E-state index contributed by atoms with van der Waals surface area (Å²) in [7, 11) is 10.3. The number of aliphatic hydroxyl groups is 2. The molecule has 0 atom stereocenters. The third-order valence-corrected chi connectivity index (χ3v) is 5.26. The molecular weight excluding hydrogens is 1310 g/mol. The Balaban J connectivity index is -0.0000000342. The number of carbonyl (C=O) groups excluding carboxylic acids is 1. The summed E-state index contributed by atoms with van der Waals surface area (Å²) in [6, 6.07) is 25.6. The van der Waals surface area contributed by atoms with Crippen LogP contribution in [-0.4, -0.2) is 149 Å². The number of thiocarbonyl (C=S) groups is 1. The molecule has 0 saturated carbocycles.